The lowest BCUT2D eigenvalue weighted by Crippen LogP contribution is -2.34. The monoisotopic (exact) mass is 241 g/mol. The first-order valence-electron chi connectivity index (χ1n) is 4.64. The Balaban J connectivity index is 2.68. The van der Waals surface area contributed by atoms with E-state index in [4.69, 9.17) is 11.6 Å². The van der Waals surface area contributed by atoms with E-state index >= 15 is 0 Å². The Morgan fingerprint density at radius 1 is 1.43 bits per heavy atom. The van der Waals surface area contributed by atoms with E-state index in [1.165, 1.54) is 4.31 Å². The van der Waals surface area contributed by atoms with Gasteiger partial charge in [0.15, 0.2) is 0 Å². The molecule has 84 valence electrons. The van der Waals surface area contributed by atoms with Gasteiger partial charge < -0.3 is 5.11 Å². The Morgan fingerprint density at radius 2 is 2.07 bits per heavy atom. The number of sulfonamides is 1. The van der Waals surface area contributed by atoms with Crippen LogP contribution in [0.15, 0.2) is 0 Å². The highest BCUT2D eigenvalue weighted by molar-refractivity contribution is 7.90. The maximum absolute atomic E-state index is 11.4. The maximum Gasteiger partial charge on any atom is 0.228 e. The van der Waals surface area contributed by atoms with Crippen molar-refractivity contribution in [3.05, 3.63) is 0 Å². The Bertz CT molecular complexity index is 289. The molecule has 14 heavy (non-hydrogen) atoms. The van der Waals surface area contributed by atoms with Gasteiger partial charge >= 0.3 is 0 Å². The van der Waals surface area contributed by atoms with Crippen molar-refractivity contribution in [2.75, 3.05) is 18.3 Å². The molecule has 4 nitrogen and oxygen atoms in total. The molecule has 1 aliphatic rings. The van der Waals surface area contributed by atoms with Crippen molar-refractivity contribution in [2.45, 2.75) is 31.8 Å². The van der Waals surface area contributed by atoms with Crippen molar-refractivity contribution in [2.24, 2.45) is 0 Å². The molecular formula is C8H16ClNO3S. The third-order valence-corrected chi connectivity index (χ3v) is 4.81. The fourth-order valence-electron chi connectivity index (χ4n) is 1.59. The Hall–Kier alpha value is 0.160. The van der Waals surface area contributed by atoms with Gasteiger partial charge in [-0.05, 0) is 26.2 Å². The van der Waals surface area contributed by atoms with Crippen LogP contribution in [0.25, 0.3) is 0 Å². The van der Waals surface area contributed by atoms with Crippen LogP contribution in [-0.4, -0.2) is 41.7 Å². The minimum atomic E-state index is -3.31. The van der Waals surface area contributed by atoms with Gasteiger partial charge in [-0.25, -0.2) is 12.7 Å². The van der Waals surface area contributed by atoms with Gasteiger partial charge in [-0.15, -0.1) is 11.6 Å². The quantitative estimate of drug-likeness (QED) is 0.726. The summed E-state index contributed by atoms with van der Waals surface area (Å²) in [5, 5.41) is 9.38. The third kappa shape index (κ3) is 3.08. The van der Waals surface area contributed by atoms with Gasteiger partial charge in [0.2, 0.25) is 10.0 Å². The summed E-state index contributed by atoms with van der Waals surface area (Å²) in [4.78, 5) is 0. The van der Waals surface area contributed by atoms with Crippen LogP contribution in [0.3, 0.4) is 0 Å². The fourth-order valence-corrected chi connectivity index (χ4v) is 2.91. The number of aliphatic hydroxyl groups is 1. The van der Waals surface area contributed by atoms with Gasteiger partial charge in [0, 0.05) is 13.1 Å². The second-order valence-corrected chi connectivity index (χ2v) is 6.52. The van der Waals surface area contributed by atoms with Crippen LogP contribution in [-0.2, 0) is 10.0 Å². The molecule has 1 aliphatic heterocycles. The largest absolute Gasteiger partial charge is 0.390 e. The number of alkyl halides is 1. The van der Waals surface area contributed by atoms with Crippen LogP contribution in [0.2, 0.25) is 0 Å². The lowest BCUT2D eigenvalue weighted by atomic mass is 9.98. The summed E-state index contributed by atoms with van der Waals surface area (Å²) in [5.41, 5.74) is -0.740. The Labute approximate surface area is 89.9 Å². The first-order chi connectivity index (χ1) is 6.37. The predicted octanol–water partition coefficient (Wildman–Crippen LogP) is 0.749. The van der Waals surface area contributed by atoms with Crippen LogP contribution in [0.1, 0.15) is 26.2 Å². The van der Waals surface area contributed by atoms with Gasteiger partial charge in [-0.1, -0.05) is 0 Å². The van der Waals surface area contributed by atoms with E-state index in [-0.39, 0.29) is 5.21 Å². The smallest absolute Gasteiger partial charge is 0.228 e. The summed E-state index contributed by atoms with van der Waals surface area (Å²) in [5.74, 6) is 0. The third-order valence-electron chi connectivity index (χ3n) is 2.55. The highest BCUT2D eigenvalue weighted by Gasteiger charge is 2.29. The molecular weight excluding hydrogens is 226 g/mol. The minimum absolute atomic E-state index is 0.363. The molecule has 1 rings (SSSR count). The van der Waals surface area contributed by atoms with E-state index in [9.17, 15) is 13.5 Å². The van der Waals surface area contributed by atoms with Crippen molar-refractivity contribution in [3.8, 4) is 0 Å². The van der Waals surface area contributed by atoms with Gasteiger partial charge in [0.1, 0.15) is 5.21 Å². The van der Waals surface area contributed by atoms with Crippen molar-refractivity contribution >= 4 is 21.6 Å². The first kappa shape index (κ1) is 12.2. The molecule has 0 aromatic rings. The predicted molar refractivity (Wildman–Crippen MR) is 55.7 cm³/mol. The molecule has 1 N–H and O–H groups in total. The van der Waals surface area contributed by atoms with Gasteiger partial charge in [-0.3, -0.25) is 0 Å². The lowest BCUT2D eigenvalue weighted by molar-refractivity contribution is 0.0465. The van der Waals surface area contributed by atoms with Crippen LogP contribution < -0.4 is 0 Å². The van der Waals surface area contributed by atoms with E-state index in [1.807, 2.05) is 0 Å². The van der Waals surface area contributed by atoms with E-state index in [1.54, 1.807) is 6.92 Å². The van der Waals surface area contributed by atoms with E-state index in [0.717, 1.165) is 0 Å². The molecule has 1 unspecified atom stereocenters. The molecule has 0 radical (unpaired) electrons. The van der Waals surface area contributed by atoms with Crippen LogP contribution in [0.4, 0.5) is 0 Å². The number of hydrogen-bond acceptors (Lipinski definition) is 3. The van der Waals surface area contributed by atoms with E-state index in [2.05, 4.69) is 0 Å². The van der Waals surface area contributed by atoms with Gasteiger partial charge in [0.25, 0.3) is 0 Å². The molecule has 0 saturated carbocycles. The lowest BCUT2D eigenvalue weighted by Gasteiger charge is -2.21. The zero-order valence-electron chi connectivity index (χ0n) is 8.24. The van der Waals surface area contributed by atoms with Crippen LogP contribution in [0, 0.1) is 0 Å². The number of rotatable bonds is 2. The molecule has 0 aromatic heterocycles. The van der Waals surface area contributed by atoms with Crippen molar-refractivity contribution < 1.29 is 13.5 Å². The zero-order chi connectivity index (χ0) is 10.8. The number of nitrogens with zero attached hydrogens (tertiary/aromatic N) is 1. The summed E-state index contributed by atoms with van der Waals surface area (Å²) in [6.45, 7) is 2.57. The summed E-state index contributed by atoms with van der Waals surface area (Å²) in [7, 11) is -3.31. The van der Waals surface area contributed by atoms with Gasteiger partial charge in [-0.2, -0.15) is 0 Å². The SMILES string of the molecule is CC1(O)CCCN(S(=O)(=O)CCl)CC1. The topological polar surface area (TPSA) is 57.6 Å². The molecule has 1 saturated heterocycles. The average molecular weight is 242 g/mol. The highest BCUT2D eigenvalue weighted by atomic mass is 35.5. The molecule has 0 aliphatic carbocycles. The molecule has 0 amide bonds. The van der Waals surface area contributed by atoms with Crippen molar-refractivity contribution in [3.63, 3.8) is 0 Å². The summed E-state index contributed by atoms with van der Waals surface area (Å²) < 4.78 is 24.2. The van der Waals surface area contributed by atoms with Crippen LogP contribution in [0.5, 0.6) is 0 Å². The minimum Gasteiger partial charge on any atom is -0.390 e. The first-order valence-corrected chi connectivity index (χ1v) is 6.78. The molecule has 1 atom stereocenters. The van der Waals surface area contributed by atoms with Crippen molar-refractivity contribution in [1.82, 2.24) is 4.31 Å². The summed E-state index contributed by atoms with van der Waals surface area (Å²) in [6.07, 6.45) is 1.80. The molecule has 0 aromatic carbocycles. The van der Waals surface area contributed by atoms with E-state index in [0.29, 0.717) is 32.4 Å². The summed E-state index contributed by atoms with van der Waals surface area (Å²) >= 11 is 5.36. The number of halogens is 1. The zero-order valence-corrected chi connectivity index (χ0v) is 9.81. The molecule has 0 spiro atoms. The second kappa shape index (κ2) is 4.35. The Morgan fingerprint density at radius 3 is 2.64 bits per heavy atom. The summed E-state index contributed by atoms with van der Waals surface area (Å²) in [6, 6.07) is 0. The molecule has 1 fully saturated rings. The Kier molecular flexibility index (Phi) is 3.80. The normalized spacial score (nSPS) is 31.4. The van der Waals surface area contributed by atoms with Crippen LogP contribution >= 0.6 is 11.6 Å². The molecule has 1 heterocycles. The molecule has 0 bridgehead atoms. The highest BCUT2D eigenvalue weighted by Crippen LogP contribution is 2.23. The molecule has 6 heteroatoms. The van der Waals surface area contributed by atoms with Crippen molar-refractivity contribution in [1.29, 1.82) is 0 Å². The number of hydrogen-bond donors (Lipinski definition) is 1. The van der Waals surface area contributed by atoms with Gasteiger partial charge in [0.05, 0.1) is 5.60 Å². The van der Waals surface area contributed by atoms with E-state index < -0.39 is 15.6 Å². The fraction of sp³-hybridized carbons (Fsp3) is 1.00. The average Bonchev–Trinajstić information content (AvgIpc) is 2.26. The maximum atomic E-state index is 11.4. The second-order valence-electron chi connectivity index (χ2n) is 3.97. The standard InChI is InChI=1S/C8H16ClNO3S/c1-8(11)3-2-5-10(6-4-8)14(12,13)7-9/h11H,2-7H2,1H3.